The minimum atomic E-state index is -0.723. The van der Waals surface area contributed by atoms with E-state index in [9.17, 15) is 14.4 Å². The second-order valence-electron chi connectivity index (χ2n) is 7.70. The number of methoxy groups -OCH3 is 1. The predicted octanol–water partition coefficient (Wildman–Crippen LogP) is 2.64. The summed E-state index contributed by atoms with van der Waals surface area (Å²) in [7, 11) is 1.57. The Morgan fingerprint density at radius 3 is 2.70 bits per heavy atom. The van der Waals surface area contributed by atoms with E-state index < -0.39 is 11.8 Å². The fourth-order valence-corrected chi connectivity index (χ4v) is 3.69. The van der Waals surface area contributed by atoms with Crippen molar-refractivity contribution in [1.82, 2.24) is 5.32 Å². The molecule has 156 valence electrons. The zero-order chi connectivity index (χ0) is 21.1. The molecule has 30 heavy (non-hydrogen) atoms. The van der Waals surface area contributed by atoms with Crippen molar-refractivity contribution in [1.29, 1.82) is 0 Å². The van der Waals surface area contributed by atoms with Crippen molar-refractivity contribution in [3.05, 3.63) is 53.6 Å². The number of fused-ring (bicyclic) bond motifs is 1. The van der Waals surface area contributed by atoms with E-state index in [2.05, 4.69) is 10.6 Å². The molecule has 0 spiro atoms. The maximum Gasteiger partial charge on any atom is 0.313 e. The molecule has 0 bridgehead atoms. The summed E-state index contributed by atoms with van der Waals surface area (Å²) in [5.41, 5.74) is 3.32. The van der Waals surface area contributed by atoms with Gasteiger partial charge in [-0.15, -0.1) is 0 Å². The first kappa shape index (κ1) is 19.9. The minimum absolute atomic E-state index is 0.170. The summed E-state index contributed by atoms with van der Waals surface area (Å²) >= 11 is 0. The van der Waals surface area contributed by atoms with E-state index in [0.717, 1.165) is 49.0 Å². The molecule has 2 aliphatic rings. The average molecular weight is 407 g/mol. The van der Waals surface area contributed by atoms with Gasteiger partial charge in [-0.05, 0) is 67.1 Å². The van der Waals surface area contributed by atoms with Crippen LogP contribution in [0.4, 0.5) is 11.4 Å². The van der Waals surface area contributed by atoms with E-state index in [-0.39, 0.29) is 18.4 Å². The number of amides is 3. The van der Waals surface area contributed by atoms with Crippen LogP contribution in [0.5, 0.6) is 5.75 Å². The van der Waals surface area contributed by atoms with Gasteiger partial charge in [0.1, 0.15) is 5.75 Å². The highest BCUT2D eigenvalue weighted by molar-refractivity contribution is 6.39. The molecule has 1 fully saturated rings. The normalized spacial score (nSPS) is 15.2. The first-order valence-corrected chi connectivity index (χ1v) is 10.2. The van der Waals surface area contributed by atoms with Crippen molar-refractivity contribution >= 4 is 29.1 Å². The molecule has 7 nitrogen and oxygen atoms in total. The molecular weight excluding hydrogens is 382 g/mol. The number of nitrogens with one attached hydrogen (secondary N) is 2. The average Bonchev–Trinajstić information content (AvgIpc) is 3.62. The number of rotatable bonds is 5. The second kappa shape index (κ2) is 8.57. The first-order valence-electron chi connectivity index (χ1n) is 10.2. The zero-order valence-electron chi connectivity index (χ0n) is 16.9. The Labute approximate surface area is 175 Å². The summed E-state index contributed by atoms with van der Waals surface area (Å²) < 4.78 is 5.16. The molecule has 0 saturated heterocycles. The van der Waals surface area contributed by atoms with Crippen molar-refractivity contribution in [3.8, 4) is 5.75 Å². The SMILES string of the molecule is COc1cccc(CNC(=O)C(=O)Nc2ccc3c(c2)CCCN3C(=O)C2CC2)c1. The van der Waals surface area contributed by atoms with Gasteiger partial charge >= 0.3 is 11.8 Å². The Morgan fingerprint density at radius 2 is 1.93 bits per heavy atom. The molecule has 0 unspecified atom stereocenters. The molecule has 1 aliphatic carbocycles. The maximum atomic E-state index is 12.5. The van der Waals surface area contributed by atoms with Gasteiger partial charge in [-0.1, -0.05) is 12.1 Å². The van der Waals surface area contributed by atoms with E-state index in [1.807, 2.05) is 35.2 Å². The Kier molecular flexibility index (Phi) is 5.70. The lowest BCUT2D eigenvalue weighted by atomic mass is 10.0. The second-order valence-corrected chi connectivity index (χ2v) is 7.70. The van der Waals surface area contributed by atoms with Gasteiger partial charge in [0.25, 0.3) is 0 Å². The van der Waals surface area contributed by atoms with Crippen LogP contribution in [0.25, 0.3) is 0 Å². The highest BCUT2D eigenvalue weighted by Gasteiger charge is 2.35. The Morgan fingerprint density at radius 1 is 1.10 bits per heavy atom. The molecule has 0 aromatic heterocycles. The third kappa shape index (κ3) is 4.45. The van der Waals surface area contributed by atoms with Gasteiger partial charge in [0.2, 0.25) is 5.91 Å². The molecule has 2 N–H and O–H groups in total. The number of hydrogen-bond acceptors (Lipinski definition) is 4. The number of hydrogen-bond donors (Lipinski definition) is 2. The Bertz CT molecular complexity index is 984. The third-order valence-electron chi connectivity index (χ3n) is 5.44. The number of carbonyl (C=O) groups is 3. The van der Waals surface area contributed by atoms with Crippen molar-refractivity contribution in [2.75, 3.05) is 23.9 Å². The van der Waals surface area contributed by atoms with Crippen LogP contribution in [0.1, 0.15) is 30.4 Å². The molecule has 1 heterocycles. The van der Waals surface area contributed by atoms with Crippen molar-refractivity contribution in [3.63, 3.8) is 0 Å². The standard InChI is InChI=1S/C23H25N3O4/c1-30-19-6-2-4-15(12-19)14-24-21(27)22(28)25-18-9-10-20-17(13-18)5-3-11-26(20)23(29)16-7-8-16/h2,4,6,9-10,12-13,16H,3,5,7-8,11,14H2,1H3,(H,24,27)(H,25,28). The first-order chi connectivity index (χ1) is 14.5. The number of carbonyl (C=O) groups excluding carboxylic acids is 3. The minimum Gasteiger partial charge on any atom is -0.497 e. The summed E-state index contributed by atoms with van der Waals surface area (Å²) in [6.07, 6.45) is 3.69. The molecule has 1 aliphatic heterocycles. The van der Waals surface area contributed by atoms with Crippen LogP contribution >= 0.6 is 0 Å². The lowest BCUT2D eigenvalue weighted by Gasteiger charge is -2.30. The van der Waals surface area contributed by atoms with E-state index in [1.165, 1.54) is 0 Å². The highest BCUT2D eigenvalue weighted by Crippen LogP contribution is 2.36. The lowest BCUT2D eigenvalue weighted by molar-refractivity contribution is -0.136. The van der Waals surface area contributed by atoms with Crippen LogP contribution < -0.4 is 20.3 Å². The zero-order valence-corrected chi connectivity index (χ0v) is 16.9. The van der Waals surface area contributed by atoms with E-state index in [0.29, 0.717) is 11.4 Å². The van der Waals surface area contributed by atoms with Gasteiger partial charge in [-0.3, -0.25) is 14.4 Å². The van der Waals surface area contributed by atoms with Crippen LogP contribution in [-0.4, -0.2) is 31.4 Å². The summed E-state index contributed by atoms with van der Waals surface area (Å²) in [6.45, 7) is 0.965. The number of ether oxygens (including phenoxy) is 1. The van der Waals surface area contributed by atoms with Crippen molar-refractivity contribution < 1.29 is 19.1 Å². The molecular formula is C23H25N3O4. The van der Waals surface area contributed by atoms with Gasteiger partial charge in [-0.2, -0.15) is 0 Å². The van der Waals surface area contributed by atoms with Crippen LogP contribution in [0.2, 0.25) is 0 Å². The van der Waals surface area contributed by atoms with Crippen LogP contribution in [0, 0.1) is 5.92 Å². The predicted molar refractivity (Wildman–Crippen MR) is 113 cm³/mol. The largest absolute Gasteiger partial charge is 0.497 e. The summed E-state index contributed by atoms with van der Waals surface area (Å²) in [5, 5.41) is 5.27. The molecule has 1 saturated carbocycles. The Hall–Kier alpha value is -3.35. The molecule has 0 radical (unpaired) electrons. The van der Waals surface area contributed by atoms with Crippen LogP contribution in [0.3, 0.4) is 0 Å². The number of benzene rings is 2. The molecule has 7 heteroatoms. The monoisotopic (exact) mass is 407 g/mol. The van der Waals surface area contributed by atoms with E-state index in [1.54, 1.807) is 19.2 Å². The van der Waals surface area contributed by atoms with E-state index in [4.69, 9.17) is 4.74 Å². The van der Waals surface area contributed by atoms with Crippen molar-refractivity contribution in [2.45, 2.75) is 32.2 Å². The Balaban J connectivity index is 1.37. The molecule has 3 amide bonds. The van der Waals surface area contributed by atoms with Gasteiger partial charge in [0.05, 0.1) is 7.11 Å². The van der Waals surface area contributed by atoms with Gasteiger partial charge in [0, 0.05) is 30.4 Å². The van der Waals surface area contributed by atoms with Crippen molar-refractivity contribution in [2.24, 2.45) is 5.92 Å². The van der Waals surface area contributed by atoms with Crippen LogP contribution in [0.15, 0.2) is 42.5 Å². The third-order valence-corrected chi connectivity index (χ3v) is 5.44. The quantitative estimate of drug-likeness (QED) is 0.746. The van der Waals surface area contributed by atoms with E-state index >= 15 is 0 Å². The van der Waals surface area contributed by atoms with Crippen LogP contribution in [-0.2, 0) is 27.3 Å². The van der Waals surface area contributed by atoms with Gasteiger partial charge < -0.3 is 20.3 Å². The molecule has 4 rings (SSSR count). The highest BCUT2D eigenvalue weighted by atomic mass is 16.5. The number of anilines is 2. The number of nitrogens with zero attached hydrogens (tertiary/aromatic N) is 1. The fraction of sp³-hybridized carbons (Fsp3) is 0.348. The summed E-state index contributed by atoms with van der Waals surface area (Å²) in [5.74, 6) is -0.372. The molecule has 0 atom stereocenters. The molecule has 2 aromatic rings. The fourth-order valence-electron chi connectivity index (χ4n) is 3.69. The topological polar surface area (TPSA) is 87.7 Å². The van der Waals surface area contributed by atoms with Gasteiger partial charge in [-0.25, -0.2) is 0 Å². The summed E-state index contributed by atoms with van der Waals surface area (Å²) in [6, 6.07) is 12.7. The smallest absolute Gasteiger partial charge is 0.313 e. The summed E-state index contributed by atoms with van der Waals surface area (Å²) in [4.78, 5) is 38.8. The van der Waals surface area contributed by atoms with Gasteiger partial charge in [0.15, 0.2) is 0 Å². The molecule has 2 aromatic carbocycles. The number of aryl methyl sites for hydroxylation is 1. The maximum absolute atomic E-state index is 12.5. The lowest BCUT2D eigenvalue weighted by Crippen LogP contribution is -2.37.